The van der Waals surface area contributed by atoms with E-state index in [0.29, 0.717) is 18.6 Å². The van der Waals surface area contributed by atoms with Crippen molar-refractivity contribution in [1.29, 1.82) is 0 Å². The lowest BCUT2D eigenvalue weighted by Gasteiger charge is -2.31. The van der Waals surface area contributed by atoms with Crippen molar-refractivity contribution in [2.75, 3.05) is 26.9 Å². The smallest absolute Gasteiger partial charge is 0.329 e. The first-order valence-corrected chi connectivity index (χ1v) is 7.38. The molecule has 1 aliphatic rings. The molecule has 0 radical (unpaired) electrons. The van der Waals surface area contributed by atoms with Crippen LogP contribution in [0.25, 0.3) is 0 Å². The fraction of sp³-hybridized carbons (Fsp3) is 0.500. The van der Waals surface area contributed by atoms with Gasteiger partial charge in [-0.05, 0) is 37.1 Å². The number of carboxylic acid groups (broad SMARTS) is 1. The van der Waals surface area contributed by atoms with Crippen LogP contribution in [0.15, 0.2) is 18.2 Å². The summed E-state index contributed by atoms with van der Waals surface area (Å²) in [5.41, 5.74) is 1.39. The Balaban J connectivity index is 2.01. The zero-order valence-electron chi connectivity index (χ0n) is 13.2. The van der Waals surface area contributed by atoms with Crippen molar-refractivity contribution in [3.8, 4) is 5.75 Å². The van der Waals surface area contributed by atoms with E-state index in [2.05, 4.69) is 5.32 Å². The number of aryl methyl sites for hydroxylation is 1. The van der Waals surface area contributed by atoms with E-state index >= 15 is 0 Å². The number of hydrogen-bond acceptors (Lipinski definition) is 5. The van der Waals surface area contributed by atoms with Crippen molar-refractivity contribution in [2.45, 2.75) is 25.5 Å². The summed E-state index contributed by atoms with van der Waals surface area (Å²) < 4.78 is 15.8. The molecule has 1 heterocycles. The highest BCUT2D eigenvalue weighted by Gasteiger charge is 2.28. The molecular weight excluding hydrogens is 302 g/mol. The Morgan fingerprint density at radius 3 is 2.87 bits per heavy atom. The minimum Gasteiger partial charge on any atom is -0.496 e. The fourth-order valence-electron chi connectivity index (χ4n) is 2.49. The van der Waals surface area contributed by atoms with Gasteiger partial charge in [0.2, 0.25) is 0 Å². The van der Waals surface area contributed by atoms with Crippen molar-refractivity contribution < 1.29 is 28.9 Å². The summed E-state index contributed by atoms with van der Waals surface area (Å²) in [4.78, 5) is 23.0. The molecule has 0 spiro atoms. The summed E-state index contributed by atoms with van der Waals surface area (Å²) in [6.45, 7) is 2.21. The molecule has 0 bridgehead atoms. The Bertz CT molecular complexity index is 574. The van der Waals surface area contributed by atoms with Crippen LogP contribution >= 0.6 is 0 Å². The van der Waals surface area contributed by atoms with Crippen LogP contribution in [0.2, 0.25) is 0 Å². The molecule has 2 N–H and O–H groups in total. The average molecular weight is 323 g/mol. The van der Waals surface area contributed by atoms with Crippen LogP contribution in [0, 0.1) is 6.92 Å². The van der Waals surface area contributed by atoms with E-state index in [1.807, 2.05) is 6.92 Å². The second-order valence-corrected chi connectivity index (χ2v) is 5.37. The van der Waals surface area contributed by atoms with Crippen LogP contribution in [0.4, 0.5) is 0 Å². The second-order valence-electron chi connectivity index (χ2n) is 5.37. The number of carbonyl (C=O) groups excluding carboxylic acids is 1. The van der Waals surface area contributed by atoms with Crippen LogP contribution < -0.4 is 10.1 Å². The van der Waals surface area contributed by atoms with Crippen molar-refractivity contribution in [3.63, 3.8) is 0 Å². The molecule has 1 aromatic rings. The lowest BCUT2D eigenvalue weighted by Crippen LogP contribution is -2.50. The number of ether oxygens (including phenoxy) is 3. The SMILES string of the molecule is COc1ccc(C(=O)N[C@@H]2CCOC[C@H]2OCC(=O)O)cc1C. The molecule has 1 aromatic carbocycles. The zero-order chi connectivity index (χ0) is 16.8. The highest BCUT2D eigenvalue weighted by molar-refractivity contribution is 5.94. The molecule has 0 aliphatic carbocycles. The number of carbonyl (C=O) groups is 2. The average Bonchev–Trinajstić information content (AvgIpc) is 2.53. The van der Waals surface area contributed by atoms with Crippen LogP contribution in [0.5, 0.6) is 5.75 Å². The summed E-state index contributed by atoms with van der Waals surface area (Å²) in [7, 11) is 1.58. The molecule has 2 atom stereocenters. The molecule has 1 aliphatic heterocycles. The summed E-state index contributed by atoms with van der Waals surface area (Å²) in [5, 5.41) is 11.6. The first kappa shape index (κ1) is 17.2. The zero-order valence-corrected chi connectivity index (χ0v) is 13.2. The van der Waals surface area contributed by atoms with E-state index < -0.39 is 18.7 Å². The maximum Gasteiger partial charge on any atom is 0.329 e. The number of aliphatic carboxylic acids is 1. The maximum atomic E-state index is 12.4. The van der Waals surface area contributed by atoms with Gasteiger partial charge in [-0.2, -0.15) is 0 Å². The summed E-state index contributed by atoms with van der Waals surface area (Å²) >= 11 is 0. The van der Waals surface area contributed by atoms with Crippen LogP contribution in [0.1, 0.15) is 22.3 Å². The molecular formula is C16H21NO6. The van der Waals surface area contributed by atoms with Crippen molar-refractivity contribution in [1.82, 2.24) is 5.32 Å². The van der Waals surface area contributed by atoms with Crippen LogP contribution in [-0.2, 0) is 14.3 Å². The first-order chi connectivity index (χ1) is 11.0. The molecule has 126 valence electrons. The second kappa shape index (κ2) is 7.94. The number of rotatable bonds is 6. The number of hydrogen-bond donors (Lipinski definition) is 2. The number of carboxylic acids is 1. The molecule has 0 saturated carbocycles. The quantitative estimate of drug-likeness (QED) is 0.811. The minimum absolute atomic E-state index is 0.230. The molecule has 23 heavy (non-hydrogen) atoms. The van der Waals surface area contributed by atoms with E-state index in [9.17, 15) is 9.59 Å². The summed E-state index contributed by atoms with van der Waals surface area (Å²) in [6.07, 6.45) is 0.105. The van der Waals surface area contributed by atoms with Gasteiger partial charge in [0.25, 0.3) is 5.91 Å². The van der Waals surface area contributed by atoms with Crippen molar-refractivity contribution in [3.05, 3.63) is 29.3 Å². The molecule has 0 aromatic heterocycles. The van der Waals surface area contributed by atoms with E-state index in [1.165, 1.54) is 0 Å². The molecule has 1 amide bonds. The molecule has 1 saturated heterocycles. The summed E-state index contributed by atoms with van der Waals surface area (Å²) in [5.74, 6) is -0.562. The van der Waals surface area contributed by atoms with E-state index in [4.69, 9.17) is 19.3 Å². The Hall–Kier alpha value is -2.12. The highest BCUT2D eigenvalue weighted by atomic mass is 16.5. The Labute approximate surface area is 134 Å². The first-order valence-electron chi connectivity index (χ1n) is 7.38. The normalized spacial score (nSPS) is 20.8. The number of benzene rings is 1. The van der Waals surface area contributed by atoms with Gasteiger partial charge >= 0.3 is 5.97 Å². The fourth-order valence-corrected chi connectivity index (χ4v) is 2.49. The van der Waals surface area contributed by atoms with Gasteiger partial charge < -0.3 is 24.6 Å². The number of methoxy groups -OCH3 is 1. The monoisotopic (exact) mass is 323 g/mol. The third-order valence-electron chi connectivity index (χ3n) is 3.70. The van der Waals surface area contributed by atoms with E-state index in [0.717, 1.165) is 11.3 Å². The predicted molar refractivity (Wildman–Crippen MR) is 81.8 cm³/mol. The Kier molecular flexibility index (Phi) is 5.95. The highest BCUT2D eigenvalue weighted by Crippen LogP contribution is 2.19. The van der Waals surface area contributed by atoms with Gasteiger partial charge in [0, 0.05) is 12.2 Å². The van der Waals surface area contributed by atoms with E-state index in [-0.39, 0.29) is 18.6 Å². The van der Waals surface area contributed by atoms with Crippen LogP contribution in [-0.4, -0.2) is 56.1 Å². The third-order valence-corrected chi connectivity index (χ3v) is 3.70. The van der Waals surface area contributed by atoms with Gasteiger partial charge in [0.1, 0.15) is 18.5 Å². The number of nitrogens with one attached hydrogen (secondary N) is 1. The van der Waals surface area contributed by atoms with Gasteiger partial charge in [-0.1, -0.05) is 0 Å². The number of amides is 1. The minimum atomic E-state index is -1.05. The predicted octanol–water partition coefficient (Wildman–Crippen LogP) is 0.992. The van der Waals surface area contributed by atoms with E-state index in [1.54, 1.807) is 25.3 Å². The van der Waals surface area contributed by atoms with Crippen molar-refractivity contribution >= 4 is 11.9 Å². The summed E-state index contributed by atoms with van der Waals surface area (Å²) in [6, 6.07) is 4.90. The van der Waals surface area contributed by atoms with Gasteiger partial charge in [-0.15, -0.1) is 0 Å². The molecule has 2 rings (SSSR count). The molecule has 7 heteroatoms. The van der Waals surface area contributed by atoms with Gasteiger partial charge in [-0.25, -0.2) is 4.79 Å². The molecule has 1 fully saturated rings. The van der Waals surface area contributed by atoms with Gasteiger partial charge in [-0.3, -0.25) is 4.79 Å². The lowest BCUT2D eigenvalue weighted by molar-refractivity contribution is -0.148. The molecule has 7 nitrogen and oxygen atoms in total. The molecule has 0 unspecified atom stereocenters. The Morgan fingerprint density at radius 2 is 2.22 bits per heavy atom. The van der Waals surface area contributed by atoms with Crippen LogP contribution in [0.3, 0.4) is 0 Å². The topological polar surface area (TPSA) is 94.1 Å². The standard InChI is InChI=1S/C16H21NO6/c1-10-7-11(3-4-13(10)21-2)16(20)17-12-5-6-22-8-14(12)23-9-15(18)19/h3-4,7,12,14H,5-6,8-9H2,1-2H3,(H,17,20)(H,18,19)/t12-,14-/m1/s1. The van der Waals surface area contributed by atoms with Crippen molar-refractivity contribution in [2.24, 2.45) is 0 Å². The third kappa shape index (κ3) is 4.67. The van der Waals surface area contributed by atoms with Gasteiger partial charge in [0.15, 0.2) is 0 Å². The van der Waals surface area contributed by atoms with Gasteiger partial charge in [0.05, 0.1) is 19.8 Å². The largest absolute Gasteiger partial charge is 0.496 e. The maximum absolute atomic E-state index is 12.4. The lowest BCUT2D eigenvalue weighted by atomic mass is 10.0. The Morgan fingerprint density at radius 1 is 1.43 bits per heavy atom.